The van der Waals surface area contributed by atoms with E-state index < -0.39 is 0 Å². The van der Waals surface area contributed by atoms with Crippen LogP contribution in [0.25, 0.3) is 33.3 Å². The third-order valence-corrected chi connectivity index (χ3v) is 4.54. The Morgan fingerprint density at radius 3 is 2.03 bits per heavy atom. The first kappa shape index (κ1) is 25.2. The third-order valence-electron chi connectivity index (χ3n) is 4.54. The Labute approximate surface area is 181 Å². The van der Waals surface area contributed by atoms with Gasteiger partial charge in [0.1, 0.15) is 24.3 Å². The Morgan fingerprint density at radius 2 is 1.43 bits per heavy atom. The Morgan fingerprint density at radius 1 is 0.833 bits per heavy atom. The van der Waals surface area contributed by atoms with Crippen molar-refractivity contribution in [1.29, 1.82) is 0 Å². The zero-order chi connectivity index (χ0) is 22.7. The van der Waals surface area contributed by atoms with Gasteiger partial charge in [0, 0.05) is 28.6 Å². The van der Waals surface area contributed by atoms with Gasteiger partial charge in [-0.25, -0.2) is 9.56 Å². The summed E-state index contributed by atoms with van der Waals surface area (Å²) in [5, 5.41) is 3.17. The maximum absolute atomic E-state index is 6.19. The van der Waals surface area contributed by atoms with Gasteiger partial charge >= 0.3 is 0 Å². The van der Waals surface area contributed by atoms with E-state index in [0.717, 1.165) is 51.8 Å². The highest BCUT2D eigenvalue weighted by atomic mass is 16.3. The van der Waals surface area contributed by atoms with Crippen molar-refractivity contribution in [2.45, 2.75) is 55.4 Å². The minimum atomic E-state index is 0.711. The summed E-state index contributed by atoms with van der Waals surface area (Å²) in [6.45, 7) is 18.2. The molecule has 0 bridgehead atoms. The fourth-order valence-electron chi connectivity index (χ4n) is 3.26. The first-order valence-corrected chi connectivity index (χ1v) is 11.3. The zero-order valence-electron chi connectivity index (χ0n) is 19.9. The molecule has 4 heteroatoms. The maximum Gasteiger partial charge on any atom is 0.203 e. The third kappa shape index (κ3) is 5.18. The number of fused-ring (bicyclic) bond motifs is 4. The van der Waals surface area contributed by atoms with E-state index in [1.54, 1.807) is 0 Å². The normalized spacial score (nSPS) is 9.73. The van der Waals surface area contributed by atoms with E-state index in [1.165, 1.54) is 0 Å². The molecule has 0 saturated heterocycles. The van der Waals surface area contributed by atoms with Crippen LogP contribution in [0.15, 0.2) is 52.9 Å². The lowest BCUT2D eigenvalue weighted by atomic mass is 10.1. The van der Waals surface area contributed by atoms with Crippen molar-refractivity contribution in [3.05, 3.63) is 53.9 Å². The Hall–Kier alpha value is -2.88. The molecule has 162 valence electrons. The lowest BCUT2D eigenvalue weighted by molar-refractivity contribution is 0.600. The van der Waals surface area contributed by atoms with Crippen LogP contribution in [0, 0.1) is 0 Å². The molecule has 1 aliphatic heterocycles. The molecule has 0 atom stereocenters. The molecule has 2 N–H and O–H groups in total. The van der Waals surface area contributed by atoms with E-state index in [-0.39, 0.29) is 0 Å². The molecule has 4 rings (SSSR count). The lowest BCUT2D eigenvalue weighted by Gasteiger charge is -2.10. The van der Waals surface area contributed by atoms with Gasteiger partial charge in [-0.3, -0.25) is 0 Å². The summed E-state index contributed by atoms with van der Waals surface area (Å²) in [4.78, 5) is 4.83. The topological polar surface area (TPSA) is 55.1 Å². The molecule has 0 fully saturated rings. The van der Waals surface area contributed by atoms with E-state index in [9.17, 15) is 0 Å². The molecule has 0 saturated carbocycles. The SMILES string of the molecule is CC.CC.CC.CC[N+](CC)=c1ccc2nc3c(cc(N)c4ccccc43)oc-2c1. The smallest absolute Gasteiger partial charge is 0.203 e. The quantitative estimate of drug-likeness (QED) is 0.177. The summed E-state index contributed by atoms with van der Waals surface area (Å²) >= 11 is 0. The minimum absolute atomic E-state index is 0.711. The van der Waals surface area contributed by atoms with Crippen LogP contribution in [-0.2, 0) is 0 Å². The summed E-state index contributed by atoms with van der Waals surface area (Å²) in [6.07, 6.45) is 0. The summed E-state index contributed by atoms with van der Waals surface area (Å²) in [7, 11) is 0. The van der Waals surface area contributed by atoms with Crippen molar-refractivity contribution in [3.63, 3.8) is 0 Å². The molecule has 0 spiro atoms. The maximum atomic E-state index is 6.19. The molecule has 0 radical (unpaired) electrons. The van der Waals surface area contributed by atoms with Crippen molar-refractivity contribution in [1.82, 2.24) is 9.56 Å². The number of anilines is 1. The number of nitrogens with two attached hydrogens (primary N) is 1. The molecule has 2 aromatic carbocycles. The zero-order valence-corrected chi connectivity index (χ0v) is 19.9. The molecule has 0 unspecified atom stereocenters. The molecular formula is C26H38N3O+. The first-order valence-electron chi connectivity index (χ1n) is 11.3. The average molecular weight is 409 g/mol. The van der Waals surface area contributed by atoms with Gasteiger partial charge in [-0.05, 0) is 19.9 Å². The van der Waals surface area contributed by atoms with E-state index >= 15 is 0 Å². The van der Waals surface area contributed by atoms with Crippen LogP contribution < -0.4 is 15.7 Å². The van der Waals surface area contributed by atoms with Gasteiger partial charge in [-0.15, -0.1) is 0 Å². The van der Waals surface area contributed by atoms with E-state index in [4.69, 9.17) is 15.1 Å². The number of benzene rings is 3. The van der Waals surface area contributed by atoms with Crippen molar-refractivity contribution in [2.75, 3.05) is 18.8 Å². The number of hydrogen-bond acceptors (Lipinski definition) is 3. The summed E-state index contributed by atoms with van der Waals surface area (Å²) in [5.74, 6) is 0.779. The summed E-state index contributed by atoms with van der Waals surface area (Å²) in [6, 6.07) is 16.1. The van der Waals surface area contributed by atoms with Crippen LogP contribution >= 0.6 is 0 Å². The van der Waals surface area contributed by atoms with Gasteiger partial charge in [0.05, 0.1) is 6.07 Å². The second-order valence-corrected chi connectivity index (χ2v) is 5.90. The molecular weight excluding hydrogens is 370 g/mol. The molecule has 30 heavy (non-hydrogen) atoms. The largest absolute Gasteiger partial charge is 0.452 e. The molecule has 2 aromatic rings. The highest BCUT2D eigenvalue weighted by Gasteiger charge is 2.14. The predicted octanol–water partition coefficient (Wildman–Crippen LogP) is 6.56. The van der Waals surface area contributed by atoms with Gasteiger partial charge < -0.3 is 10.2 Å². The number of aromatic nitrogens is 1. The number of rotatable bonds is 2. The van der Waals surface area contributed by atoms with Crippen molar-refractivity contribution in [3.8, 4) is 11.5 Å². The Balaban J connectivity index is 0.000000691. The van der Waals surface area contributed by atoms with Crippen LogP contribution in [0.4, 0.5) is 5.69 Å². The average Bonchev–Trinajstić information content (AvgIpc) is 2.83. The molecule has 0 amide bonds. The van der Waals surface area contributed by atoms with Crippen molar-refractivity contribution < 1.29 is 4.42 Å². The fraction of sp³-hybridized carbons (Fsp3) is 0.385. The second kappa shape index (κ2) is 12.6. The van der Waals surface area contributed by atoms with Gasteiger partial charge in [0.2, 0.25) is 5.36 Å². The van der Waals surface area contributed by atoms with Crippen LogP contribution in [-0.4, -0.2) is 18.1 Å². The van der Waals surface area contributed by atoms with Crippen molar-refractivity contribution in [2.24, 2.45) is 0 Å². The molecule has 2 aliphatic rings. The van der Waals surface area contributed by atoms with E-state index in [0.29, 0.717) is 5.69 Å². The fourth-order valence-corrected chi connectivity index (χ4v) is 3.26. The predicted molar refractivity (Wildman–Crippen MR) is 133 cm³/mol. The Kier molecular flexibility index (Phi) is 10.6. The lowest BCUT2D eigenvalue weighted by Crippen LogP contribution is -2.29. The number of nitrogens with zero attached hydrogens (tertiary/aromatic N) is 2. The molecule has 1 aliphatic carbocycles. The van der Waals surface area contributed by atoms with E-state index in [1.807, 2.05) is 77.9 Å². The van der Waals surface area contributed by atoms with Gasteiger partial charge in [0.25, 0.3) is 0 Å². The van der Waals surface area contributed by atoms with E-state index in [2.05, 4.69) is 30.6 Å². The standard InChI is InChI=1S/C20H19N3O.3C2H6/c1-3-23(4-2)13-9-10-17-18(11-13)24-19-12-16(21)14-7-5-6-8-15(14)20(19)22-17;3*1-2/h5-12,21H,3-4H2,1-2H3;3*1-2H3/p+1. The first-order chi connectivity index (χ1) is 14.7. The minimum Gasteiger partial charge on any atom is -0.452 e. The second-order valence-electron chi connectivity index (χ2n) is 5.90. The van der Waals surface area contributed by atoms with Crippen molar-refractivity contribution >= 4 is 27.6 Å². The Bertz CT molecular complexity index is 1090. The monoisotopic (exact) mass is 408 g/mol. The number of hydrogen-bond donors (Lipinski definition) is 1. The number of nitrogen functional groups attached to an aromatic ring is 1. The van der Waals surface area contributed by atoms with Crippen LogP contribution in [0.5, 0.6) is 0 Å². The van der Waals surface area contributed by atoms with Crippen LogP contribution in [0.1, 0.15) is 55.4 Å². The van der Waals surface area contributed by atoms with Gasteiger partial charge in [0.15, 0.2) is 11.3 Å². The molecule has 0 aromatic heterocycles. The van der Waals surface area contributed by atoms with Crippen LogP contribution in [0.2, 0.25) is 0 Å². The summed E-state index contributed by atoms with van der Waals surface area (Å²) in [5.41, 5.74) is 9.33. The highest BCUT2D eigenvalue weighted by Crippen LogP contribution is 2.32. The summed E-state index contributed by atoms with van der Waals surface area (Å²) < 4.78 is 8.43. The van der Waals surface area contributed by atoms with Crippen LogP contribution in [0.3, 0.4) is 0 Å². The van der Waals surface area contributed by atoms with Gasteiger partial charge in [-0.2, -0.15) is 0 Å². The molecule has 1 heterocycles. The molecule has 4 nitrogen and oxygen atoms in total. The van der Waals surface area contributed by atoms with Gasteiger partial charge in [-0.1, -0.05) is 65.8 Å². The highest BCUT2D eigenvalue weighted by molar-refractivity contribution is 6.09.